The van der Waals surface area contributed by atoms with Gasteiger partial charge in [0.25, 0.3) is 0 Å². The number of nitrogen functional groups attached to an aromatic ring is 1. The van der Waals surface area contributed by atoms with Gasteiger partial charge >= 0.3 is 0 Å². The first-order chi connectivity index (χ1) is 6.86. The van der Waals surface area contributed by atoms with E-state index in [1.807, 2.05) is 18.2 Å². The molecule has 3 heteroatoms. The van der Waals surface area contributed by atoms with Crippen molar-refractivity contribution in [3.05, 3.63) is 24.3 Å². The molecule has 2 nitrogen and oxygen atoms in total. The van der Waals surface area contributed by atoms with Crippen LogP contribution in [0.2, 0.25) is 0 Å². The molecule has 3 N–H and O–H groups in total. The quantitative estimate of drug-likeness (QED) is 0.759. The summed E-state index contributed by atoms with van der Waals surface area (Å²) < 4.78 is 0. The zero-order valence-corrected chi connectivity index (χ0v) is 9.72. The summed E-state index contributed by atoms with van der Waals surface area (Å²) in [4.78, 5) is 0. The summed E-state index contributed by atoms with van der Waals surface area (Å²) in [5, 5.41) is 3.52. The second kappa shape index (κ2) is 5.86. The van der Waals surface area contributed by atoms with Gasteiger partial charge in [0, 0.05) is 6.04 Å². The van der Waals surface area contributed by atoms with E-state index in [-0.39, 0.29) is 12.4 Å². The summed E-state index contributed by atoms with van der Waals surface area (Å²) in [6.45, 7) is 0. The van der Waals surface area contributed by atoms with Gasteiger partial charge in [0.2, 0.25) is 0 Å². The molecule has 1 fully saturated rings. The van der Waals surface area contributed by atoms with Crippen LogP contribution in [0.15, 0.2) is 24.3 Å². The second-order valence-electron chi connectivity index (χ2n) is 4.07. The molecule has 1 aromatic rings. The average Bonchev–Trinajstić information content (AvgIpc) is 2.23. The Morgan fingerprint density at radius 1 is 1.07 bits per heavy atom. The van der Waals surface area contributed by atoms with E-state index in [2.05, 4.69) is 11.4 Å². The molecule has 0 aliphatic heterocycles. The van der Waals surface area contributed by atoms with Gasteiger partial charge < -0.3 is 11.1 Å². The van der Waals surface area contributed by atoms with Crippen LogP contribution in [0.4, 0.5) is 11.4 Å². The SMILES string of the molecule is Cl.Nc1ccccc1NC1CCCCC1. The lowest BCUT2D eigenvalue weighted by Gasteiger charge is -2.24. The maximum Gasteiger partial charge on any atom is 0.0576 e. The molecule has 0 bridgehead atoms. The number of hydrogen-bond donors (Lipinski definition) is 2. The molecule has 0 unspecified atom stereocenters. The van der Waals surface area contributed by atoms with Gasteiger partial charge in [-0.1, -0.05) is 31.4 Å². The Balaban J connectivity index is 0.00000112. The van der Waals surface area contributed by atoms with Gasteiger partial charge in [-0.2, -0.15) is 0 Å². The van der Waals surface area contributed by atoms with Crippen molar-refractivity contribution in [2.24, 2.45) is 0 Å². The van der Waals surface area contributed by atoms with E-state index in [1.165, 1.54) is 32.1 Å². The fraction of sp³-hybridized carbons (Fsp3) is 0.500. The number of benzene rings is 1. The van der Waals surface area contributed by atoms with Gasteiger partial charge in [0.1, 0.15) is 0 Å². The molecule has 0 radical (unpaired) electrons. The molecule has 1 aliphatic carbocycles. The number of rotatable bonds is 2. The van der Waals surface area contributed by atoms with E-state index in [0.29, 0.717) is 6.04 Å². The topological polar surface area (TPSA) is 38.0 Å². The Bertz CT molecular complexity index is 295. The van der Waals surface area contributed by atoms with E-state index >= 15 is 0 Å². The van der Waals surface area contributed by atoms with Gasteiger partial charge in [-0.3, -0.25) is 0 Å². The van der Waals surface area contributed by atoms with Gasteiger partial charge in [0.05, 0.1) is 11.4 Å². The van der Waals surface area contributed by atoms with Crippen molar-refractivity contribution in [2.45, 2.75) is 38.1 Å². The molecule has 15 heavy (non-hydrogen) atoms. The highest BCUT2D eigenvalue weighted by atomic mass is 35.5. The Morgan fingerprint density at radius 2 is 1.73 bits per heavy atom. The predicted octanol–water partition coefficient (Wildman–Crippen LogP) is 3.44. The summed E-state index contributed by atoms with van der Waals surface area (Å²) in [5.41, 5.74) is 7.83. The summed E-state index contributed by atoms with van der Waals surface area (Å²) >= 11 is 0. The summed E-state index contributed by atoms with van der Waals surface area (Å²) in [6, 6.07) is 8.64. The molecule has 2 rings (SSSR count). The Kier molecular flexibility index (Phi) is 4.76. The van der Waals surface area contributed by atoms with Crippen molar-refractivity contribution in [3.8, 4) is 0 Å². The van der Waals surface area contributed by atoms with E-state index < -0.39 is 0 Å². The molecular weight excluding hydrogens is 208 g/mol. The standard InChI is InChI=1S/C12H18N2.ClH/c13-11-8-4-5-9-12(11)14-10-6-2-1-3-7-10;/h4-5,8-10,14H,1-3,6-7,13H2;1H. The van der Waals surface area contributed by atoms with E-state index in [9.17, 15) is 0 Å². The van der Waals surface area contributed by atoms with Crippen molar-refractivity contribution in [3.63, 3.8) is 0 Å². The molecule has 0 spiro atoms. The lowest BCUT2D eigenvalue weighted by molar-refractivity contribution is 0.463. The number of hydrogen-bond acceptors (Lipinski definition) is 2. The molecular formula is C12H19ClN2. The maximum atomic E-state index is 5.88. The molecule has 1 saturated carbocycles. The summed E-state index contributed by atoms with van der Waals surface area (Å²) in [5.74, 6) is 0. The highest BCUT2D eigenvalue weighted by molar-refractivity contribution is 5.85. The first kappa shape index (κ1) is 12.2. The highest BCUT2D eigenvalue weighted by Crippen LogP contribution is 2.24. The van der Waals surface area contributed by atoms with Crippen molar-refractivity contribution in [1.82, 2.24) is 0 Å². The minimum Gasteiger partial charge on any atom is -0.397 e. The third kappa shape index (κ3) is 3.31. The first-order valence-electron chi connectivity index (χ1n) is 5.47. The highest BCUT2D eigenvalue weighted by Gasteiger charge is 2.13. The Hall–Kier alpha value is -0.890. The molecule has 0 saturated heterocycles. The third-order valence-electron chi connectivity index (χ3n) is 2.93. The fourth-order valence-electron chi connectivity index (χ4n) is 2.10. The number of halogens is 1. The number of anilines is 2. The van der Waals surface area contributed by atoms with Crippen LogP contribution in [0.5, 0.6) is 0 Å². The molecule has 1 aromatic carbocycles. The lowest BCUT2D eigenvalue weighted by atomic mass is 9.95. The van der Waals surface area contributed by atoms with Crippen LogP contribution in [-0.2, 0) is 0 Å². The maximum absolute atomic E-state index is 5.88. The van der Waals surface area contributed by atoms with Gasteiger partial charge in [-0.25, -0.2) is 0 Å². The molecule has 0 aromatic heterocycles. The fourth-order valence-corrected chi connectivity index (χ4v) is 2.10. The van der Waals surface area contributed by atoms with Crippen molar-refractivity contribution in [2.75, 3.05) is 11.1 Å². The van der Waals surface area contributed by atoms with Gasteiger partial charge in [0.15, 0.2) is 0 Å². The largest absolute Gasteiger partial charge is 0.397 e. The van der Waals surface area contributed by atoms with Gasteiger partial charge in [-0.05, 0) is 25.0 Å². The number of para-hydroxylation sites is 2. The average molecular weight is 227 g/mol. The van der Waals surface area contributed by atoms with Crippen molar-refractivity contribution < 1.29 is 0 Å². The predicted molar refractivity (Wildman–Crippen MR) is 68.6 cm³/mol. The zero-order valence-electron chi connectivity index (χ0n) is 8.91. The zero-order chi connectivity index (χ0) is 9.80. The van der Waals surface area contributed by atoms with E-state index in [4.69, 9.17) is 5.73 Å². The van der Waals surface area contributed by atoms with Crippen LogP contribution in [-0.4, -0.2) is 6.04 Å². The third-order valence-corrected chi connectivity index (χ3v) is 2.93. The van der Waals surface area contributed by atoms with Gasteiger partial charge in [-0.15, -0.1) is 12.4 Å². The van der Waals surface area contributed by atoms with Crippen LogP contribution in [0.1, 0.15) is 32.1 Å². The summed E-state index contributed by atoms with van der Waals surface area (Å²) in [6.07, 6.45) is 6.67. The minimum absolute atomic E-state index is 0. The normalized spacial score (nSPS) is 16.8. The van der Waals surface area contributed by atoms with Crippen LogP contribution >= 0.6 is 12.4 Å². The smallest absolute Gasteiger partial charge is 0.0576 e. The molecule has 0 heterocycles. The second-order valence-corrected chi connectivity index (χ2v) is 4.07. The number of nitrogens with one attached hydrogen (secondary N) is 1. The van der Waals surface area contributed by atoms with Crippen LogP contribution in [0, 0.1) is 0 Å². The monoisotopic (exact) mass is 226 g/mol. The van der Waals surface area contributed by atoms with E-state index in [1.54, 1.807) is 0 Å². The summed E-state index contributed by atoms with van der Waals surface area (Å²) in [7, 11) is 0. The molecule has 1 aliphatic rings. The van der Waals surface area contributed by atoms with E-state index in [0.717, 1.165) is 11.4 Å². The van der Waals surface area contributed by atoms with Crippen LogP contribution < -0.4 is 11.1 Å². The Labute approximate surface area is 97.7 Å². The van der Waals surface area contributed by atoms with Crippen LogP contribution in [0.3, 0.4) is 0 Å². The Morgan fingerprint density at radius 3 is 2.40 bits per heavy atom. The minimum atomic E-state index is 0. The van der Waals surface area contributed by atoms with Crippen molar-refractivity contribution in [1.29, 1.82) is 0 Å². The number of nitrogens with two attached hydrogens (primary N) is 1. The molecule has 0 atom stereocenters. The molecule has 0 amide bonds. The van der Waals surface area contributed by atoms with Crippen molar-refractivity contribution >= 4 is 23.8 Å². The lowest BCUT2D eigenvalue weighted by Crippen LogP contribution is -2.22. The molecule has 84 valence electrons. The van der Waals surface area contributed by atoms with Crippen LogP contribution in [0.25, 0.3) is 0 Å². The first-order valence-corrected chi connectivity index (χ1v) is 5.47.